The molecule has 2 aliphatic heterocycles. The third kappa shape index (κ3) is 4.95. The summed E-state index contributed by atoms with van der Waals surface area (Å²) in [6, 6.07) is 0.242. The maximum atomic E-state index is 12.5. The average Bonchev–Trinajstić information content (AvgIpc) is 2.91. The third-order valence-corrected chi connectivity index (χ3v) is 7.38. The molecule has 0 aromatic rings. The van der Waals surface area contributed by atoms with Crippen LogP contribution in [0.2, 0.25) is 0 Å². The Morgan fingerprint density at radius 1 is 1.08 bits per heavy atom. The number of amides is 1. The molecular formula is C18H32N2O4S. The zero-order chi connectivity index (χ0) is 17.9. The third-order valence-electron chi connectivity index (χ3n) is 6.02. The fourth-order valence-corrected chi connectivity index (χ4v) is 5.87. The van der Waals surface area contributed by atoms with Crippen LogP contribution in [0.15, 0.2) is 0 Å². The lowest BCUT2D eigenvalue weighted by molar-refractivity contribution is -0.131. The molecule has 0 aromatic carbocycles. The summed E-state index contributed by atoms with van der Waals surface area (Å²) in [4.78, 5) is 14.5. The van der Waals surface area contributed by atoms with Crippen LogP contribution in [0, 0.1) is 5.92 Å². The first-order valence-electron chi connectivity index (χ1n) is 9.79. The van der Waals surface area contributed by atoms with Gasteiger partial charge in [-0.25, -0.2) is 8.42 Å². The smallest absolute Gasteiger partial charge is 0.222 e. The molecule has 2 saturated heterocycles. The van der Waals surface area contributed by atoms with Crippen molar-refractivity contribution >= 4 is 15.9 Å². The topological polar surface area (TPSA) is 66.9 Å². The molecule has 3 fully saturated rings. The summed E-state index contributed by atoms with van der Waals surface area (Å²) in [5.41, 5.74) is 0. The zero-order valence-corrected chi connectivity index (χ0v) is 16.2. The first-order chi connectivity index (χ1) is 11.9. The van der Waals surface area contributed by atoms with Gasteiger partial charge in [-0.2, -0.15) is 4.31 Å². The molecule has 0 bridgehead atoms. The van der Waals surface area contributed by atoms with Crippen LogP contribution in [0.4, 0.5) is 0 Å². The highest BCUT2D eigenvalue weighted by Gasteiger charge is 2.37. The first kappa shape index (κ1) is 19.1. The van der Waals surface area contributed by atoms with Crippen molar-refractivity contribution in [2.45, 2.75) is 69.9 Å². The number of hydrogen-bond donors (Lipinski definition) is 0. The van der Waals surface area contributed by atoms with E-state index >= 15 is 0 Å². The Kier molecular flexibility index (Phi) is 6.39. The Bertz CT molecular complexity index is 555. The maximum Gasteiger partial charge on any atom is 0.222 e. The number of carbonyl (C=O) groups is 1. The van der Waals surface area contributed by atoms with Gasteiger partial charge < -0.3 is 9.64 Å². The normalized spacial score (nSPS) is 28.8. The maximum absolute atomic E-state index is 12.5. The van der Waals surface area contributed by atoms with Crippen LogP contribution < -0.4 is 0 Å². The Morgan fingerprint density at radius 3 is 2.40 bits per heavy atom. The van der Waals surface area contributed by atoms with Crippen molar-refractivity contribution < 1.29 is 17.9 Å². The molecule has 144 valence electrons. The van der Waals surface area contributed by atoms with Crippen LogP contribution in [-0.2, 0) is 19.6 Å². The molecule has 0 radical (unpaired) electrons. The number of ether oxygens (including phenoxy) is 1. The van der Waals surface area contributed by atoms with Gasteiger partial charge >= 0.3 is 0 Å². The lowest BCUT2D eigenvalue weighted by Gasteiger charge is -2.40. The van der Waals surface area contributed by atoms with Crippen LogP contribution in [0.25, 0.3) is 0 Å². The quantitative estimate of drug-likeness (QED) is 0.715. The van der Waals surface area contributed by atoms with Gasteiger partial charge in [0.1, 0.15) is 0 Å². The molecule has 2 atom stereocenters. The van der Waals surface area contributed by atoms with Gasteiger partial charge in [-0.15, -0.1) is 0 Å². The van der Waals surface area contributed by atoms with Crippen LogP contribution >= 0.6 is 0 Å². The fourth-order valence-electron chi connectivity index (χ4n) is 4.36. The number of nitrogens with zero attached hydrogens (tertiary/aromatic N) is 2. The second-order valence-electron chi connectivity index (χ2n) is 7.91. The molecule has 0 spiro atoms. The van der Waals surface area contributed by atoms with Crippen molar-refractivity contribution in [3.05, 3.63) is 0 Å². The number of sulfonamides is 1. The van der Waals surface area contributed by atoms with Crippen molar-refractivity contribution in [3.63, 3.8) is 0 Å². The second-order valence-corrected chi connectivity index (χ2v) is 9.80. The molecule has 1 amide bonds. The van der Waals surface area contributed by atoms with Gasteiger partial charge in [0.05, 0.1) is 6.26 Å². The van der Waals surface area contributed by atoms with Crippen molar-refractivity contribution in [3.8, 4) is 0 Å². The van der Waals surface area contributed by atoms with Gasteiger partial charge in [0.2, 0.25) is 15.9 Å². The lowest BCUT2D eigenvalue weighted by atomic mass is 9.91. The molecule has 2 unspecified atom stereocenters. The van der Waals surface area contributed by atoms with E-state index < -0.39 is 10.0 Å². The lowest BCUT2D eigenvalue weighted by Crippen LogP contribution is -2.50. The summed E-state index contributed by atoms with van der Waals surface area (Å²) in [5, 5.41) is 0. The predicted octanol–water partition coefficient (Wildman–Crippen LogP) is 2.00. The van der Waals surface area contributed by atoms with Gasteiger partial charge in [0.15, 0.2) is 0 Å². The first-order valence-corrected chi connectivity index (χ1v) is 11.6. The molecule has 1 aliphatic carbocycles. The van der Waals surface area contributed by atoms with E-state index in [0.29, 0.717) is 18.9 Å². The standard InChI is InChI=1S/C18H32N2O4S/c1-25(22,23)20(16-4-2-5-16)17-6-3-11-19(12-9-17)18(21)8-7-15-10-13-24-14-15/h15-17H,2-14H2,1H3. The molecule has 7 heteroatoms. The van der Waals surface area contributed by atoms with E-state index in [9.17, 15) is 13.2 Å². The second kappa shape index (κ2) is 8.35. The van der Waals surface area contributed by atoms with Crippen LogP contribution in [-0.4, -0.2) is 68.2 Å². The minimum atomic E-state index is -3.18. The number of carbonyl (C=O) groups excluding carboxylic acids is 1. The SMILES string of the molecule is CS(=O)(=O)N(C1CCC1)C1CCCN(C(=O)CCC2CCOC2)CC1. The van der Waals surface area contributed by atoms with Gasteiger partial charge in [0.25, 0.3) is 0 Å². The fraction of sp³-hybridized carbons (Fsp3) is 0.944. The highest BCUT2D eigenvalue weighted by Crippen LogP contribution is 2.32. The summed E-state index contributed by atoms with van der Waals surface area (Å²) < 4.78 is 31.7. The van der Waals surface area contributed by atoms with E-state index in [4.69, 9.17) is 4.74 Å². The molecule has 3 aliphatic rings. The summed E-state index contributed by atoms with van der Waals surface area (Å²) in [6.07, 6.45) is 9.52. The van der Waals surface area contributed by atoms with Crippen LogP contribution in [0.3, 0.4) is 0 Å². The van der Waals surface area contributed by atoms with E-state index in [2.05, 4.69) is 0 Å². The van der Waals surface area contributed by atoms with E-state index in [1.54, 1.807) is 4.31 Å². The highest BCUT2D eigenvalue weighted by atomic mass is 32.2. The Hall–Kier alpha value is -0.660. The molecule has 2 heterocycles. The van der Waals surface area contributed by atoms with Gasteiger partial charge in [-0.1, -0.05) is 6.42 Å². The monoisotopic (exact) mass is 372 g/mol. The zero-order valence-electron chi connectivity index (χ0n) is 15.4. The van der Waals surface area contributed by atoms with Gasteiger partial charge in [0, 0.05) is 44.8 Å². The predicted molar refractivity (Wildman–Crippen MR) is 96.7 cm³/mol. The molecule has 3 rings (SSSR count). The molecule has 0 aromatic heterocycles. The van der Waals surface area contributed by atoms with Crippen molar-refractivity contribution in [1.29, 1.82) is 0 Å². The van der Waals surface area contributed by atoms with Gasteiger partial charge in [-0.05, 0) is 50.9 Å². The highest BCUT2D eigenvalue weighted by molar-refractivity contribution is 7.88. The minimum Gasteiger partial charge on any atom is -0.381 e. The van der Waals surface area contributed by atoms with Crippen LogP contribution in [0.5, 0.6) is 0 Å². The van der Waals surface area contributed by atoms with E-state index in [0.717, 1.165) is 71.1 Å². The van der Waals surface area contributed by atoms with Crippen LogP contribution in [0.1, 0.15) is 57.8 Å². The summed E-state index contributed by atoms with van der Waals surface area (Å²) in [5.74, 6) is 0.755. The number of likely N-dealkylation sites (tertiary alicyclic amines) is 1. The van der Waals surface area contributed by atoms with E-state index in [1.807, 2.05) is 4.90 Å². The Balaban J connectivity index is 1.53. The molecular weight excluding hydrogens is 340 g/mol. The van der Waals surface area contributed by atoms with E-state index in [1.165, 1.54) is 6.26 Å². The molecule has 25 heavy (non-hydrogen) atoms. The number of hydrogen-bond acceptors (Lipinski definition) is 4. The summed E-state index contributed by atoms with van der Waals surface area (Å²) >= 11 is 0. The van der Waals surface area contributed by atoms with Crippen molar-refractivity contribution in [2.75, 3.05) is 32.6 Å². The van der Waals surface area contributed by atoms with Crippen molar-refractivity contribution in [2.24, 2.45) is 5.92 Å². The molecule has 6 nitrogen and oxygen atoms in total. The Morgan fingerprint density at radius 2 is 1.80 bits per heavy atom. The number of rotatable bonds is 6. The summed E-state index contributed by atoms with van der Waals surface area (Å²) in [7, 11) is -3.18. The summed E-state index contributed by atoms with van der Waals surface area (Å²) in [6.45, 7) is 3.06. The van der Waals surface area contributed by atoms with Gasteiger partial charge in [-0.3, -0.25) is 4.79 Å². The molecule has 0 N–H and O–H groups in total. The molecule has 1 saturated carbocycles. The average molecular weight is 373 g/mol. The Labute approximate surface area is 151 Å². The van der Waals surface area contributed by atoms with E-state index in [-0.39, 0.29) is 18.0 Å². The minimum absolute atomic E-state index is 0.0568. The largest absolute Gasteiger partial charge is 0.381 e. The van der Waals surface area contributed by atoms with Crippen molar-refractivity contribution in [1.82, 2.24) is 9.21 Å².